The fourth-order valence-electron chi connectivity index (χ4n) is 2.11. The van der Waals surface area contributed by atoms with Gasteiger partial charge in [-0.2, -0.15) is 9.78 Å². The Morgan fingerprint density at radius 1 is 1.14 bits per heavy atom. The van der Waals surface area contributed by atoms with Gasteiger partial charge in [0, 0.05) is 5.56 Å². The summed E-state index contributed by atoms with van der Waals surface area (Å²) in [5.74, 6) is 0.498. The molecule has 0 bridgehead atoms. The van der Waals surface area contributed by atoms with Gasteiger partial charge in [-0.3, -0.25) is 4.79 Å². The van der Waals surface area contributed by atoms with Crippen LogP contribution in [0.15, 0.2) is 52.4 Å². The maximum absolute atomic E-state index is 12.5. The van der Waals surface area contributed by atoms with Gasteiger partial charge in [-0.1, -0.05) is 47.5 Å². The molecule has 0 saturated carbocycles. The van der Waals surface area contributed by atoms with Crippen molar-refractivity contribution >= 4 is 40.3 Å². The maximum Gasteiger partial charge on any atom is 0.282 e. The molecule has 0 spiro atoms. The Hall–Kier alpha value is -2.17. The zero-order chi connectivity index (χ0) is 15.7. The Bertz CT molecular complexity index is 948. The first-order valence-electron chi connectivity index (χ1n) is 6.54. The van der Waals surface area contributed by atoms with Crippen molar-refractivity contribution in [2.24, 2.45) is 5.10 Å². The van der Waals surface area contributed by atoms with E-state index in [1.54, 1.807) is 43.3 Å². The molecule has 1 heterocycles. The second kappa shape index (κ2) is 5.91. The normalized spacial score (nSPS) is 11.4. The second-order valence-electron chi connectivity index (χ2n) is 4.68. The van der Waals surface area contributed by atoms with Gasteiger partial charge in [0.15, 0.2) is 0 Å². The average Bonchev–Trinajstić information content (AvgIpc) is 2.51. The van der Waals surface area contributed by atoms with E-state index in [-0.39, 0.29) is 5.56 Å². The van der Waals surface area contributed by atoms with Crippen molar-refractivity contribution in [2.75, 3.05) is 0 Å². The Balaban J connectivity index is 2.13. The van der Waals surface area contributed by atoms with Gasteiger partial charge in [0.05, 0.1) is 27.2 Å². The number of nitrogens with zero attached hydrogens (tertiary/aromatic N) is 3. The number of para-hydroxylation sites is 1. The van der Waals surface area contributed by atoms with E-state index in [9.17, 15) is 4.79 Å². The molecule has 2 aromatic carbocycles. The van der Waals surface area contributed by atoms with Crippen LogP contribution in [0.3, 0.4) is 0 Å². The van der Waals surface area contributed by atoms with E-state index in [1.165, 1.54) is 10.9 Å². The van der Waals surface area contributed by atoms with Crippen molar-refractivity contribution in [2.45, 2.75) is 6.92 Å². The van der Waals surface area contributed by atoms with E-state index in [0.29, 0.717) is 32.3 Å². The summed E-state index contributed by atoms with van der Waals surface area (Å²) in [6.45, 7) is 1.73. The lowest BCUT2D eigenvalue weighted by molar-refractivity contribution is 0.771. The number of benzene rings is 2. The quantitative estimate of drug-likeness (QED) is 0.668. The summed E-state index contributed by atoms with van der Waals surface area (Å²) in [5.41, 5.74) is 1.06. The second-order valence-corrected chi connectivity index (χ2v) is 5.47. The van der Waals surface area contributed by atoms with Gasteiger partial charge in [0.2, 0.25) is 0 Å². The Labute approximate surface area is 136 Å². The Morgan fingerprint density at radius 2 is 1.91 bits per heavy atom. The number of halogens is 2. The molecule has 6 heteroatoms. The minimum absolute atomic E-state index is 0.225. The van der Waals surface area contributed by atoms with Gasteiger partial charge in [-0.15, -0.1) is 0 Å². The molecule has 1 aromatic heterocycles. The summed E-state index contributed by atoms with van der Waals surface area (Å²) >= 11 is 12.1. The van der Waals surface area contributed by atoms with Crippen LogP contribution in [0.1, 0.15) is 11.4 Å². The lowest BCUT2D eigenvalue weighted by Crippen LogP contribution is -2.20. The molecule has 0 radical (unpaired) electrons. The van der Waals surface area contributed by atoms with Crippen LogP contribution in [-0.2, 0) is 0 Å². The van der Waals surface area contributed by atoms with Crippen LogP contribution in [0, 0.1) is 6.92 Å². The monoisotopic (exact) mass is 331 g/mol. The predicted molar refractivity (Wildman–Crippen MR) is 90.2 cm³/mol. The molecule has 22 heavy (non-hydrogen) atoms. The predicted octanol–water partition coefficient (Wildman–Crippen LogP) is 3.89. The van der Waals surface area contributed by atoms with Gasteiger partial charge in [0.25, 0.3) is 5.56 Å². The van der Waals surface area contributed by atoms with Crippen LogP contribution in [-0.4, -0.2) is 15.9 Å². The van der Waals surface area contributed by atoms with E-state index in [0.717, 1.165) is 0 Å². The number of hydrogen-bond donors (Lipinski definition) is 0. The first kappa shape index (κ1) is 14.8. The van der Waals surface area contributed by atoms with Crippen molar-refractivity contribution < 1.29 is 0 Å². The molecule has 110 valence electrons. The molecular weight excluding hydrogens is 321 g/mol. The van der Waals surface area contributed by atoms with Crippen LogP contribution in [0.2, 0.25) is 10.0 Å². The van der Waals surface area contributed by atoms with Gasteiger partial charge in [0.1, 0.15) is 5.82 Å². The topological polar surface area (TPSA) is 47.2 Å². The molecule has 0 aliphatic heterocycles. The summed E-state index contributed by atoms with van der Waals surface area (Å²) in [6, 6.07) is 12.4. The van der Waals surface area contributed by atoms with Crippen LogP contribution in [0.4, 0.5) is 0 Å². The highest BCUT2D eigenvalue weighted by atomic mass is 35.5. The molecule has 3 rings (SSSR count). The van der Waals surface area contributed by atoms with E-state index in [4.69, 9.17) is 23.2 Å². The SMILES string of the molecule is Cc1nc2ccccc2c(=O)n1/N=C\c1cccc(Cl)c1Cl. The highest BCUT2D eigenvalue weighted by Gasteiger charge is 2.07. The molecule has 0 aliphatic rings. The molecule has 0 aliphatic carbocycles. The van der Waals surface area contributed by atoms with Crippen molar-refractivity contribution in [3.63, 3.8) is 0 Å². The fourth-order valence-corrected chi connectivity index (χ4v) is 2.47. The van der Waals surface area contributed by atoms with Gasteiger partial charge in [-0.05, 0) is 25.1 Å². The standard InChI is InChI=1S/C16H11Cl2N3O/c1-10-20-14-8-3-2-6-12(14)16(22)21(10)19-9-11-5-4-7-13(17)15(11)18/h2-9H,1H3/b19-9-. The summed E-state index contributed by atoms with van der Waals surface area (Å²) in [5, 5.41) is 5.55. The summed E-state index contributed by atoms with van der Waals surface area (Å²) in [7, 11) is 0. The highest BCUT2D eigenvalue weighted by Crippen LogP contribution is 2.24. The largest absolute Gasteiger partial charge is 0.282 e. The third-order valence-electron chi connectivity index (χ3n) is 3.21. The molecule has 3 aromatic rings. The highest BCUT2D eigenvalue weighted by molar-refractivity contribution is 6.43. The molecule has 0 fully saturated rings. The zero-order valence-electron chi connectivity index (χ0n) is 11.6. The number of fused-ring (bicyclic) bond motifs is 1. The molecule has 0 N–H and O–H groups in total. The van der Waals surface area contributed by atoms with Crippen LogP contribution < -0.4 is 5.56 Å². The van der Waals surface area contributed by atoms with Gasteiger partial charge < -0.3 is 0 Å². The molecular formula is C16H11Cl2N3O. The minimum Gasteiger partial charge on any atom is -0.267 e. The fraction of sp³-hybridized carbons (Fsp3) is 0.0625. The van der Waals surface area contributed by atoms with E-state index >= 15 is 0 Å². The summed E-state index contributed by atoms with van der Waals surface area (Å²) < 4.78 is 1.25. The lowest BCUT2D eigenvalue weighted by Gasteiger charge is -2.05. The summed E-state index contributed by atoms with van der Waals surface area (Å²) in [6.07, 6.45) is 1.50. The molecule has 0 amide bonds. The van der Waals surface area contributed by atoms with Crippen molar-refractivity contribution in [1.29, 1.82) is 0 Å². The molecule has 0 saturated heterocycles. The van der Waals surface area contributed by atoms with E-state index in [2.05, 4.69) is 10.1 Å². The number of aryl methyl sites for hydroxylation is 1. The van der Waals surface area contributed by atoms with Crippen LogP contribution in [0.25, 0.3) is 10.9 Å². The number of aromatic nitrogens is 2. The Kier molecular flexibility index (Phi) is 3.96. The van der Waals surface area contributed by atoms with Crippen LogP contribution in [0.5, 0.6) is 0 Å². The van der Waals surface area contributed by atoms with Gasteiger partial charge in [-0.25, -0.2) is 4.98 Å². The van der Waals surface area contributed by atoms with Crippen molar-refractivity contribution in [3.8, 4) is 0 Å². The van der Waals surface area contributed by atoms with Crippen molar-refractivity contribution in [3.05, 3.63) is 74.3 Å². The number of hydrogen-bond acceptors (Lipinski definition) is 3. The first-order valence-corrected chi connectivity index (χ1v) is 7.30. The van der Waals surface area contributed by atoms with E-state index < -0.39 is 0 Å². The van der Waals surface area contributed by atoms with Crippen molar-refractivity contribution in [1.82, 2.24) is 9.66 Å². The molecule has 4 nitrogen and oxygen atoms in total. The third-order valence-corrected chi connectivity index (χ3v) is 4.04. The maximum atomic E-state index is 12.5. The Morgan fingerprint density at radius 3 is 2.73 bits per heavy atom. The van der Waals surface area contributed by atoms with Crippen LogP contribution >= 0.6 is 23.2 Å². The average molecular weight is 332 g/mol. The number of rotatable bonds is 2. The minimum atomic E-state index is -0.225. The lowest BCUT2D eigenvalue weighted by atomic mass is 10.2. The third kappa shape index (κ3) is 2.63. The van der Waals surface area contributed by atoms with E-state index in [1.807, 2.05) is 6.07 Å². The first-order chi connectivity index (χ1) is 10.6. The summed E-state index contributed by atoms with van der Waals surface area (Å²) in [4.78, 5) is 16.9. The molecule has 0 atom stereocenters. The molecule has 0 unspecified atom stereocenters. The van der Waals surface area contributed by atoms with Gasteiger partial charge >= 0.3 is 0 Å². The zero-order valence-corrected chi connectivity index (χ0v) is 13.1. The smallest absolute Gasteiger partial charge is 0.267 e.